The Balaban J connectivity index is -0.00000000970. The summed E-state index contributed by atoms with van der Waals surface area (Å²) >= 11 is 0. The van der Waals surface area contributed by atoms with Gasteiger partial charge in [-0.1, -0.05) is 0 Å². The van der Waals surface area contributed by atoms with Gasteiger partial charge in [0.05, 0.1) is 0 Å². The van der Waals surface area contributed by atoms with Crippen LogP contribution in [0.2, 0.25) is 0 Å². The van der Waals surface area contributed by atoms with Crippen molar-refractivity contribution in [2.45, 2.75) is 0 Å². The molecule has 0 atom stereocenters. The van der Waals surface area contributed by atoms with Crippen LogP contribution in [-0.4, -0.2) is 74.5 Å². The minimum Gasteiger partial charge on any atom is -0.870 e. The minimum atomic E-state index is -5.17. The Kier molecular flexibility index (Phi) is 71.8. The molecule has 11 nitrogen and oxygen atoms in total. The maximum absolute atomic E-state index is 8.52. The summed E-state index contributed by atoms with van der Waals surface area (Å²) in [6.07, 6.45) is 0. The zero-order chi connectivity index (χ0) is 9.00. The molecule has 0 fully saturated rings. The van der Waals surface area contributed by atoms with Crippen molar-refractivity contribution in [2.24, 2.45) is 0 Å². The van der Waals surface area contributed by atoms with Crippen LogP contribution in [-0.2, 0) is 57.3 Å². The fourth-order valence-corrected chi connectivity index (χ4v) is 0. The van der Waals surface area contributed by atoms with Crippen molar-refractivity contribution >= 4 is 43.9 Å². The summed E-state index contributed by atoms with van der Waals surface area (Å²) in [5, 5.41) is 0. The Morgan fingerprint density at radius 3 is 0.688 bits per heavy atom. The van der Waals surface area contributed by atoms with Gasteiger partial charge in [0.1, 0.15) is 0 Å². The second-order valence-electron chi connectivity index (χ2n) is 0.816. The summed E-state index contributed by atoms with van der Waals surface area (Å²) in [4.78, 5) is 0. The summed E-state index contributed by atoms with van der Waals surface area (Å²) < 4.78 is 68.2. The van der Waals surface area contributed by atoms with Crippen LogP contribution in [0.25, 0.3) is 0 Å². The van der Waals surface area contributed by atoms with Gasteiger partial charge < -0.3 is 34.6 Å². The molecule has 1 radical (unpaired) electrons. The van der Waals surface area contributed by atoms with Crippen LogP contribution in [0.5, 0.6) is 0 Å². The van der Waals surface area contributed by atoms with Crippen LogP contribution < -0.4 is 0 Å². The van der Waals surface area contributed by atoms with Crippen LogP contribution in [0.3, 0.4) is 0 Å². The second-order valence-corrected chi connectivity index (χ2v) is 2.45. The maximum atomic E-state index is 8.52. The largest absolute Gasteiger partial charge is 2.00 e. The minimum absolute atomic E-state index is 0. The van der Waals surface area contributed by atoms with Crippen LogP contribution in [0, 0.1) is 0 Å². The Labute approximate surface area is 131 Å². The summed E-state index contributed by atoms with van der Waals surface area (Å²) in [7, 11) is -10.3. The van der Waals surface area contributed by atoms with E-state index in [1.807, 2.05) is 0 Å². The molecule has 0 saturated carbocycles. The third-order valence-corrected chi connectivity index (χ3v) is 0. The fourth-order valence-electron chi connectivity index (χ4n) is 0. The first kappa shape index (κ1) is 52.7. The van der Waals surface area contributed by atoms with Crippen molar-refractivity contribution in [2.75, 3.05) is 0 Å². The molecule has 0 spiro atoms. The van der Waals surface area contributed by atoms with Gasteiger partial charge in [-0.25, -0.2) is 0 Å². The topological polar surface area (TPSA) is 252 Å². The van der Waals surface area contributed by atoms with Crippen LogP contribution in [0.1, 0.15) is 0 Å². The predicted octanol–water partition coefficient (Wildman–Crippen LogP) is -4.24. The molecule has 0 aliphatic heterocycles. The summed E-state index contributed by atoms with van der Waals surface area (Å²) in [6.45, 7) is 0. The SMILES string of the molecule is O.O=S(=O)([O-])[O-].O=S(=O)([O-])[O-].[Mg+2].[Mn+2].[OH-].[OH-].[Zn+2]. The van der Waals surface area contributed by atoms with Crippen molar-refractivity contribution < 1.29 is 88.0 Å². The zero-order valence-electron chi connectivity index (χ0n) is 7.27. The standard InChI is InChI=1S/Mg.Mn.2H2O4S.3H2O.Zn/c;;2*1-5(2,3)4;;;;/h;;2*(H2,1,2,3,4);3*1H2;/q2*+2;;;;;;+2/p-6. The van der Waals surface area contributed by atoms with Gasteiger partial charge >= 0.3 is 59.6 Å². The molecule has 0 rings (SSSR count). The van der Waals surface area contributed by atoms with E-state index < -0.39 is 20.8 Å². The summed E-state index contributed by atoms with van der Waals surface area (Å²) in [6, 6.07) is 0. The van der Waals surface area contributed by atoms with E-state index in [9.17, 15) is 0 Å². The Bertz CT molecular complexity index is 220. The van der Waals surface area contributed by atoms with Gasteiger partial charge in [0.25, 0.3) is 0 Å². The molecule has 0 saturated heterocycles. The predicted molar refractivity (Wildman–Crippen MR) is 34.2 cm³/mol. The molecule has 0 aromatic rings. The van der Waals surface area contributed by atoms with Crippen molar-refractivity contribution in [3.63, 3.8) is 0 Å². The van der Waals surface area contributed by atoms with Crippen molar-refractivity contribution in [3.8, 4) is 0 Å². The summed E-state index contributed by atoms with van der Waals surface area (Å²) in [5.74, 6) is 0. The van der Waals surface area contributed by atoms with E-state index in [0.717, 1.165) is 0 Å². The Morgan fingerprint density at radius 1 is 0.688 bits per heavy atom. The van der Waals surface area contributed by atoms with E-state index in [2.05, 4.69) is 0 Å². The molecule has 16 heavy (non-hydrogen) atoms. The van der Waals surface area contributed by atoms with Gasteiger partial charge in [0.15, 0.2) is 0 Å². The monoisotopic (exact) mass is 387 g/mol. The number of hydrogen-bond acceptors (Lipinski definition) is 10. The second kappa shape index (κ2) is 21.8. The first-order chi connectivity index (χ1) is 4.00. The van der Waals surface area contributed by atoms with Crippen molar-refractivity contribution in [1.82, 2.24) is 0 Å². The van der Waals surface area contributed by atoms with E-state index >= 15 is 0 Å². The molecule has 0 aliphatic rings. The van der Waals surface area contributed by atoms with E-state index in [1.165, 1.54) is 0 Å². The van der Waals surface area contributed by atoms with Gasteiger partial charge in [-0.05, 0) is 0 Å². The molecular weight excluding hydrogens is 385 g/mol. The van der Waals surface area contributed by atoms with Crippen LogP contribution >= 0.6 is 0 Å². The quantitative estimate of drug-likeness (QED) is 0.219. The normalized spacial score (nSPS) is 7.25. The molecule has 0 bridgehead atoms. The van der Waals surface area contributed by atoms with E-state index in [4.69, 9.17) is 35.0 Å². The smallest absolute Gasteiger partial charge is 0.870 e. The molecule has 93 valence electrons. The Morgan fingerprint density at radius 2 is 0.688 bits per heavy atom. The molecule has 0 amide bonds. The molecule has 0 heterocycles. The van der Waals surface area contributed by atoms with Gasteiger partial charge in [0, 0.05) is 20.8 Å². The van der Waals surface area contributed by atoms with Gasteiger partial charge in [-0.15, -0.1) is 0 Å². The van der Waals surface area contributed by atoms with Gasteiger partial charge in [0.2, 0.25) is 0 Å². The van der Waals surface area contributed by atoms with E-state index in [1.54, 1.807) is 0 Å². The molecule has 16 heteroatoms. The average Bonchev–Trinajstić information content (AvgIpc) is 1.12. The fraction of sp³-hybridized carbons (Fsp3) is 0. The molecule has 0 unspecified atom stereocenters. The van der Waals surface area contributed by atoms with Gasteiger partial charge in [-0.2, -0.15) is 0 Å². The average molecular weight is 389 g/mol. The van der Waals surface area contributed by atoms with Crippen LogP contribution in [0.4, 0.5) is 0 Å². The van der Waals surface area contributed by atoms with Crippen molar-refractivity contribution in [3.05, 3.63) is 0 Å². The molecule has 0 aromatic heterocycles. The zero-order valence-corrected chi connectivity index (χ0v) is 14.5. The first-order valence-corrected chi connectivity index (χ1v) is 4.00. The van der Waals surface area contributed by atoms with E-state index in [0.29, 0.717) is 0 Å². The van der Waals surface area contributed by atoms with E-state index in [-0.39, 0.29) is 76.0 Å². The Hall–Kier alpha value is 1.53. The maximum Gasteiger partial charge on any atom is 2.00 e. The number of hydrogen-bond donors (Lipinski definition) is 0. The van der Waals surface area contributed by atoms with Gasteiger partial charge in [-0.3, -0.25) is 16.8 Å². The third-order valence-electron chi connectivity index (χ3n) is 0. The molecule has 0 aliphatic carbocycles. The summed E-state index contributed by atoms with van der Waals surface area (Å²) in [5.41, 5.74) is 0. The molecule has 0 aromatic carbocycles. The van der Waals surface area contributed by atoms with Crippen LogP contribution in [0.15, 0.2) is 0 Å². The first-order valence-electron chi connectivity index (χ1n) is 1.33. The molecule has 4 N–H and O–H groups in total. The van der Waals surface area contributed by atoms with Crippen molar-refractivity contribution in [1.29, 1.82) is 0 Å². The third kappa shape index (κ3) is 1400. The number of rotatable bonds is 0. The molecular formula is H4MgMnO11S2Zn.